The summed E-state index contributed by atoms with van der Waals surface area (Å²) in [6, 6.07) is 0. The Morgan fingerprint density at radius 3 is 2.29 bits per heavy atom. The first-order chi connectivity index (χ1) is 7.73. The van der Waals surface area contributed by atoms with E-state index in [-0.39, 0.29) is 18.6 Å². The lowest BCUT2D eigenvalue weighted by atomic mass is 9.69. The van der Waals surface area contributed by atoms with Crippen LogP contribution in [0.2, 0.25) is 0 Å². The van der Waals surface area contributed by atoms with Crippen molar-refractivity contribution in [3.63, 3.8) is 0 Å². The minimum absolute atomic E-state index is 0.183. The van der Waals surface area contributed by atoms with E-state index in [0.717, 1.165) is 0 Å². The van der Waals surface area contributed by atoms with Crippen LogP contribution in [0.4, 0.5) is 8.78 Å². The van der Waals surface area contributed by atoms with Crippen molar-refractivity contribution in [3.8, 4) is 0 Å². The first-order valence-electron chi connectivity index (χ1n) is 5.72. The Bertz CT molecular complexity index is 386. The zero-order chi connectivity index (χ0) is 12.7. The van der Waals surface area contributed by atoms with Gasteiger partial charge in [-0.15, -0.1) is 0 Å². The van der Waals surface area contributed by atoms with Gasteiger partial charge < -0.3 is 4.74 Å². The minimum Gasteiger partial charge on any atom is -0.377 e. The van der Waals surface area contributed by atoms with Crippen LogP contribution < -0.4 is 5.14 Å². The molecule has 1 atom stereocenters. The Hall–Kier alpha value is -0.270. The first kappa shape index (κ1) is 13.2. The van der Waals surface area contributed by atoms with Crippen molar-refractivity contribution in [1.82, 2.24) is 0 Å². The number of sulfonamides is 1. The molecule has 2 rings (SSSR count). The quantitative estimate of drug-likeness (QED) is 0.820. The van der Waals surface area contributed by atoms with E-state index in [2.05, 4.69) is 0 Å². The van der Waals surface area contributed by atoms with E-state index < -0.39 is 27.5 Å². The van der Waals surface area contributed by atoms with Crippen LogP contribution in [0.3, 0.4) is 0 Å². The number of nitrogens with two attached hydrogens (primary N) is 1. The second-order valence-corrected chi connectivity index (χ2v) is 6.82. The molecule has 2 aliphatic rings. The molecule has 100 valence electrons. The molecule has 4 nitrogen and oxygen atoms in total. The van der Waals surface area contributed by atoms with Gasteiger partial charge in [-0.3, -0.25) is 0 Å². The van der Waals surface area contributed by atoms with Gasteiger partial charge in [0.2, 0.25) is 15.9 Å². The number of ether oxygens (including phenoxy) is 1. The van der Waals surface area contributed by atoms with Crippen molar-refractivity contribution >= 4 is 10.0 Å². The van der Waals surface area contributed by atoms with Gasteiger partial charge in [0.05, 0.1) is 11.9 Å². The molecule has 1 saturated heterocycles. The fraction of sp³-hybridized carbons (Fsp3) is 1.00. The molecule has 7 heteroatoms. The Kier molecular flexibility index (Phi) is 3.20. The summed E-state index contributed by atoms with van der Waals surface area (Å²) in [6.45, 7) is 0.436. The van der Waals surface area contributed by atoms with Gasteiger partial charge in [-0.1, -0.05) is 0 Å². The van der Waals surface area contributed by atoms with Gasteiger partial charge >= 0.3 is 0 Å². The molecule has 1 unspecified atom stereocenters. The van der Waals surface area contributed by atoms with E-state index in [1.807, 2.05) is 0 Å². The van der Waals surface area contributed by atoms with Gasteiger partial charge in [0.25, 0.3) is 0 Å². The fourth-order valence-corrected chi connectivity index (χ4v) is 3.74. The van der Waals surface area contributed by atoms with Gasteiger partial charge in [0.15, 0.2) is 0 Å². The van der Waals surface area contributed by atoms with Gasteiger partial charge in [0.1, 0.15) is 0 Å². The standard InChI is InChI=1S/C10H17F2NO3S/c11-10(12)3-1-9(2-4-10)5-6-16-8(9)7-17(13,14)15/h8H,1-7H2,(H2,13,14,15). The zero-order valence-corrected chi connectivity index (χ0v) is 10.3. The maximum atomic E-state index is 13.1. The lowest BCUT2D eigenvalue weighted by Gasteiger charge is -2.40. The molecule has 0 bridgehead atoms. The maximum absolute atomic E-state index is 13.1. The lowest BCUT2D eigenvalue weighted by Crippen LogP contribution is -2.43. The molecule has 0 aromatic rings. The molecule has 1 spiro atoms. The lowest BCUT2D eigenvalue weighted by molar-refractivity contribution is -0.0797. The van der Waals surface area contributed by atoms with Gasteiger partial charge in [0, 0.05) is 24.9 Å². The molecule has 1 heterocycles. The summed E-state index contributed by atoms with van der Waals surface area (Å²) >= 11 is 0. The SMILES string of the molecule is NS(=O)(=O)CC1OCCC12CCC(F)(F)CC2. The normalized spacial score (nSPS) is 31.8. The number of rotatable bonds is 2. The summed E-state index contributed by atoms with van der Waals surface area (Å²) in [4.78, 5) is 0. The van der Waals surface area contributed by atoms with Crippen molar-refractivity contribution in [2.24, 2.45) is 10.6 Å². The third kappa shape index (κ3) is 2.95. The molecular formula is C10H17F2NO3S. The second kappa shape index (κ2) is 4.13. The highest BCUT2D eigenvalue weighted by molar-refractivity contribution is 7.89. The fourth-order valence-electron chi connectivity index (χ4n) is 2.86. The summed E-state index contributed by atoms with van der Waals surface area (Å²) < 4.78 is 53.8. The van der Waals surface area contributed by atoms with E-state index in [4.69, 9.17) is 9.88 Å². The molecule has 1 saturated carbocycles. The summed E-state index contributed by atoms with van der Waals surface area (Å²) in [6.07, 6.45) is 0.409. The number of hydrogen-bond donors (Lipinski definition) is 1. The largest absolute Gasteiger partial charge is 0.377 e. The van der Waals surface area contributed by atoms with Crippen molar-refractivity contribution < 1.29 is 21.9 Å². The van der Waals surface area contributed by atoms with Crippen molar-refractivity contribution in [2.45, 2.75) is 44.1 Å². The van der Waals surface area contributed by atoms with E-state index >= 15 is 0 Å². The molecule has 0 amide bonds. The Balaban J connectivity index is 2.09. The van der Waals surface area contributed by atoms with Crippen molar-refractivity contribution in [1.29, 1.82) is 0 Å². The molecule has 2 fully saturated rings. The predicted octanol–water partition coefficient (Wildman–Crippen LogP) is 1.26. The van der Waals surface area contributed by atoms with Crippen LogP contribution in [-0.2, 0) is 14.8 Å². The van der Waals surface area contributed by atoms with E-state index in [0.29, 0.717) is 25.9 Å². The molecule has 2 N–H and O–H groups in total. The van der Waals surface area contributed by atoms with Crippen LogP contribution in [0.1, 0.15) is 32.1 Å². The summed E-state index contributed by atoms with van der Waals surface area (Å²) in [5.41, 5.74) is -0.409. The van der Waals surface area contributed by atoms with Crippen molar-refractivity contribution in [3.05, 3.63) is 0 Å². The first-order valence-corrected chi connectivity index (χ1v) is 7.44. The summed E-state index contributed by atoms with van der Waals surface area (Å²) in [7, 11) is -3.62. The van der Waals surface area contributed by atoms with Crippen LogP contribution in [0, 0.1) is 5.41 Å². The van der Waals surface area contributed by atoms with Gasteiger partial charge in [-0.05, 0) is 19.3 Å². The third-order valence-corrected chi connectivity index (χ3v) is 4.73. The predicted molar refractivity (Wildman–Crippen MR) is 58.2 cm³/mol. The number of halogens is 2. The highest BCUT2D eigenvalue weighted by Gasteiger charge is 2.51. The van der Waals surface area contributed by atoms with Crippen molar-refractivity contribution in [2.75, 3.05) is 12.4 Å². The molecule has 17 heavy (non-hydrogen) atoms. The second-order valence-electron chi connectivity index (χ2n) is 5.16. The van der Waals surface area contributed by atoms with Crippen LogP contribution in [0.25, 0.3) is 0 Å². The number of hydrogen-bond acceptors (Lipinski definition) is 3. The van der Waals surface area contributed by atoms with Crippen LogP contribution in [0.15, 0.2) is 0 Å². The Morgan fingerprint density at radius 2 is 1.76 bits per heavy atom. The van der Waals surface area contributed by atoms with Crippen LogP contribution in [0.5, 0.6) is 0 Å². The summed E-state index contributed by atoms with van der Waals surface area (Å²) in [5.74, 6) is -2.88. The average Bonchev–Trinajstić information content (AvgIpc) is 2.53. The molecule has 1 aliphatic heterocycles. The Morgan fingerprint density at radius 1 is 1.18 bits per heavy atom. The molecular weight excluding hydrogens is 252 g/mol. The van der Waals surface area contributed by atoms with Gasteiger partial charge in [-0.25, -0.2) is 22.3 Å². The highest BCUT2D eigenvalue weighted by atomic mass is 32.2. The third-order valence-electron chi connectivity index (χ3n) is 3.96. The van der Waals surface area contributed by atoms with Gasteiger partial charge in [-0.2, -0.15) is 0 Å². The highest BCUT2D eigenvalue weighted by Crippen LogP contribution is 2.51. The smallest absolute Gasteiger partial charge is 0.248 e. The minimum atomic E-state index is -3.62. The maximum Gasteiger partial charge on any atom is 0.248 e. The molecule has 0 radical (unpaired) electrons. The Labute approximate surface area is 99.6 Å². The topological polar surface area (TPSA) is 69.4 Å². The van der Waals surface area contributed by atoms with E-state index in [1.54, 1.807) is 0 Å². The molecule has 0 aromatic carbocycles. The van der Waals surface area contributed by atoms with Crippen LogP contribution in [-0.4, -0.2) is 32.8 Å². The number of alkyl halides is 2. The van der Waals surface area contributed by atoms with Crippen LogP contribution >= 0.6 is 0 Å². The number of primary sulfonamides is 1. The average molecular weight is 269 g/mol. The summed E-state index contributed by atoms with van der Waals surface area (Å²) in [5, 5.41) is 5.00. The molecule has 1 aliphatic carbocycles. The van der Waals surface area contributed by atoms with E-state index in [1.165, 1.54) is 0 Å². The molecule has 0 aromatic heterocycles. The van der Waals surface area contributed by atoms with E-state index in [9.17, 15) is 17.2 Å². The zero-order valence-electron chi connectivity index (χ0n) is 9.49. The monoisotopic (exact) mass is 269 g/mol.